The normalized spacial score (nSPS) is 10.8. The quantitative estimate of drug-likeness (QED) is 0.127. The van der Waals surface area contributed by atoms with Gasteiger partial charge in [0.15, 0.2) is 5.78 Å². The summed E-state index contributed by atoms with van der Waals surface area (Å²) in [6.07, 6.45) is 8.90. The van der Waals surface area contributed by atoms with Crippen molar-refractivity contribution in [3.8, 4) is 11.5 Å². The van der Waals surface area contributed by atoms with Gasteiger partial charge in [-0.3, -0.25) is 4.79 Å². The van der Waals surface area contributed by atoms with Crippen LogP contribution in [0.1, 0.15) is 95.3 Å². The molecule has 0 amide bonds. The molecule has 184 valence electrons. The first kappa shape index (κ1) is 26.2. The Bertz CT molecular complexity index is 1130. The molecule has 0 aliphatic carbocycles. The van der Waals surface area contributed by atoms with Gasteiger partial charge in [0.25, 0.3) is 0 Å². The van der Waals surface area contributed by atoms with Crippen molar-refractivity contribution in [2.45, 2.75) is 72.1 Å². The maximum absolute atomic E-state index is 13.4. The van der Waals surface area contributed by atoms with Gasteiger partial charge in [-0.2, -0.15) is 0 Å². The Balaban J connectivity index is 1.79. The third-order valence-corrected chi connectivity index (χ3v) is 6.37. The van der Waals surface area contributed by atoms with E-state index < -0.39 is 5.97 Å². The number of phenols is 1. The molecule has 3 aromatic rings. The van der Waals surface area contributed by atoms with E-state index in [1.807, 2.05) is 24.3 Å². The average molecular weight is 473 g/mol. The third-order valence-electron chi connectivity index (χ3n) is 6.37. The molecule has 0 fully saturated rings. The molecule has 0 saturated heterocycles. The number of hydrogen-bond acceptors (Lipinski definition) is 4. The number of benzene rings is 3. The second kappa shape index (κ2) is 12.9. The molecule has 1 N–H and O–H groups in total. The lowest BCUT2D eigenvalue weighted by Crippen LogP contribution is -2.13. The number of hydrogen-bond donors (Lipinski definition) is 1. The maximum atomic E-state index is 13.4. The summed E-state index contributed by atoms with van der Waals surface area (Å²) in [7, 11) is 0. The second-order valence-electron chi connectivity index (χ2n) is 9.11. The van der Waals surface area contributed by atoms with Gasteiger partial charge >= 0.3 is 5.97 Å². The van der Waals surface area contributed by atoms with Gasteiger partial charge in [-0.05, 0) is 68.0 Å². The van der Waals surface area contributed by atoms with Crippen LogP contribution in [0.15, 0.2) is 60.7 Å². The minimum absolute atomic E-state index is 0.0132. The highest BCUT2D eigenvalue weighted by Crippen LogP contribution is 2.32. The van der Waals surface area contributed by atoms with Crippen molar-refractivity contribution in [1.29, 1.82) is 0 Å². The fourth-order valence-corrected chi connectivity index (χ4v) is 4.13. The number of carbonyl (C=O) groups excluding carboxylic acids is 2. The Labute approximate surface area is 209 Å². The monoisotopic (exact) mass is 472 g/mol. The molecule has 0 aliphatic heterocycles. The highest BCUT2D eigenvalue weighted by atomic mass is 16.5. The first-order valence-electron chi connectivity index (χ1n) is 12.7. The molecule has 0 atom stereocenters. The van der Waals surface area contributed by atoms with E-state index in [4.69, 9.17) is 4.74 Å². The van der Waals surface area contributed by atoms with Crippen molar-refractivity contribution >= 4 is 11.8 Å². The predicted octanol–water partition coefficient (Wildman–Crippen LogP) is 7.62. The van der Waals surface area contributed by atoms with E-state index >= 15 is 0 Å². The zero-order valence-electron chi connectivity index (χ0n) is 21.1. The van der Waals surface area contributed by atoms with E-state index in [-0.39, 0.29) is 22.8 Å². The fraction of sp³-hybridized carbons (Fsp3) is 0.355. The van der Waals surface area contributed by atoms with E-state index in [9.17, 15) is 14.7 Å². The molecule has 35 heavy (non-hydrogen) atoms. The molecule has 3 rings (SSSR count). The van der Waals surface area contributed by atoms with Crippen LogP contribution in [0.3, 0.4) is 0 Å². The summed E-state index contributed by atoms with van der Waals surface area (Å²) in [5, 5.41) is 10.3. The number of rotatable bonds is 12. The lowest BCUT2D eigenvalue weighted by Gasteiger charge is -2.14. The molecule has 0 heterocycles. The van der Waals surface area contributed by atoms with Crippen LogP contribution in [0.25, 0.3) is 0 Å². The number of ketones is 1. The first-order valence-corrected chi connectivity index (χ1v) is 12.7. The average Bonchev–Trinajstić information content (AvgIpc) is 2.87. The van der Waals surface area contributed by atoms with Crippen LogP contribution >= 0.6 is 0 Å². The lowest BCUT2D eigenvalue weighted by molar-refractivity contribution is 0.0732. The van der Waals surface area contributed by atoms with Crippen LogP contribution in [0.5, 0.6) is 11.5 Å². The number of aromatic hydroxyl groups is 1. The zero-order valence-corrected chi connectivity index (χ0v) is 21.1. The van der Waals surface area contributed by atoms with E-state index in [1.165, 1.54) is 42.5 Å². The highest BCUT2D eigenvalue weighted by Gasteiger charge is 2.22. The molecular formula is C31H36O4. The topological polar surface area (TPSA) is 63.6 Å². The number of carbonyl (C=O) groups is 2. The number of unbranched alkanes of at least 4 members (excludes halogenated alkanes) is 4. The van der Waals surface area contributed by atoms with Crippen LogP contribution in [0, 0.1) is 6.92 Å². The first-order chi connectivity index (χ1) is 16.9. The van der Waals surface area contributed by atoms with Crippen molar-refractivity contribution in [2.24, 2.45) is 0 Å². The SMILES string of the molecule is CCCCCc1ccc(C(=O)Oc2ccc(O)c(C)c2C(=O)c2ccc(CCCCC)cc2)cc1. The summed E-state index contributed by atoms with van der Waals surface area (Å²) in [4.78, 5) is 26.3. The molecule has 4 heteroatoms. The number of phenolic OH excluding ortho intramolecular Hbond substituents is 1. The Morgan fingerprint density at radius 2 is 1.23 bits per heavy atom. The lowest BCUT2D eigenvalue weighted by atomic mass is 9.96. The molecule has 0 bridgehead atoms. The van der Waals surface area contributed by atoms with Gasteiger partial charge in [-0.25, -0.2) is 4.79 Å². The number of ether oxygens (including phenoxy) is 1. The van der Waals surface area contributed by atoms with E-state index in [1.54, 1.807) is 31.2 Å². The summed E-state index contributed by atoms with van der Waals surface area (Å²) in [5.74, 6) is -0.682. The van der Waals surface area contributed by atoms with Crippen LogP contribution in [-0.4, -0.2) is 16.9 Å². The van der Waals surface area contributed by atoms with Gasteiger partial charge in [0.05, 0.1) is 11.1 Å². The summed E-state index contributed by atoms with van der Waals surface area (Å²) in [6.45, 7) is 6.00. The molecular weight excluding hydrogens is 436 g/mol. The van der Waals surface area contributed by atoms with Crippen molar-refractivity contribution in [2.75, 3.05) is 0 Å². The van der Waals surface area contributed by atoms with Crippen molar-refractivity contribution in [3.63, 3.8) is 0 Å². The third kappa shape index (κ3) is 7.05. The van der Waals surface area contributed by atoms with Crippen LogP contribution in [0.2, 0.25) is 0 Å². The smallest absolute Gasteiger partial charge is 0.343 e. The van der Waals surface area contributed by atoms with Gasteiger partial charge in [0, 0.05) is 11.1 Å². The minimum Gasteiger partial charge on any atom is -0.508 e. The molecule has 0 saturated carbocycles. The molecule has 0 aromatic heterocycles. The summed E-state index contributed by atoms with van der Waals surface area (Å²) in [5.41, 5.74) is 3.88. The molecule has 3 aromatic carbocycles. The van der Waals surface area contributed by atoms with E-state index in [2.05, 4.69) is 13.8 Å². The fourth-order valence-electron chi connectivity index (χ4n) is 4.13. The second-order valence-corrected chi connectivity index (χ2v) is 9.11. The molecule has 0 radical (unpaired) electrons. The molecule has 0 spiro atoms. The van der Waals surface area contributed by atoms with Gasteiger partial charge in [-0.15, -0.1) is 0 Å². The maximum Gasteiger partial charge on any atom is 0.343 e. The van der Waals surface area contributed by atoms with Crippen LogP contribution in [0.4, 0.5) is 0 Å². The minimum atomic E-state index is -0.532. The molecule has 4 nitrogen and oxygen atoms in total. The standard InChI is InChI=1S/C31H36O4/c1-4-6-8-10-23-12-16-25(17-13-23)30(33)29-22(3)27(32)20-21-28(29)35-31(34)26-18-14-24(15-19-26)11-9-7-5-2/h12-21,32H,4-11H2,1-3H3. The Morgan fingerprint density at radius 3 is 1.74 bits per heavy atom. The van der Waals surface area contributed by atoms with Gasteiger partial charge in [0.2, 0.25) is 0 Å². The van der Waals surface area contributed by atoms with E-state index in [0.717, 1.165) is 32.1 Å². The van der Waals surface area contributed by atoms with Crippen molar-refractivity contribution in [3.05, 3.63) is 94.0 Å². The largest absolute Gasteiger partial charge is 0.508 e. The Kier molecular flexibility index (Phi) is 9.66. The van der Waals surface area contributed by atoms with Gasteiger partial charge in [0.1, 0.15) is 11.5 Å². The summed E-state index contributed by atoms with van der Waals surface area (Å²) in [6, 6.07) is 17.9. The van der Waals surface area contributed by atoms with Gasteiger partial charge < -0.3 is 9.84 Å². The van der Waals surface area contributed by atoms with Gasteiger partial charge in [-0.1, -0.05) is 75.9 Å². The highest BCUT2D eigenvalue weighted by molar-refractivity contribution is 6.12. The molecule has 0 unspecified atom stereocenters. The number of esters is 1. The zero-order chi connectivity index (χ0) is 25.2. The summed E-state index contributed by atoms with van der Waals surface area (Å²) >= 11 is 0. The van der Waals surface area contributed by atoms with Crippen LogP contribution in [-0.2, 0) is 12.8 Å². The summed E-state index contributed by atoms with van der Waals surface area (Å²) < 4.78 is 5.67. The number of aryl methyl sites for hydroxylation is 2. The predicted molar refractivity (Wildman–Crippen MR) is 141 cm³/mol. The Hall–Kier alpha value is -3.40. The van der Waals surface area contributed by atoms with Crippen LogP contribution < -0.4 is 4.74 Å². The molecule has 0 aliphatic rings. The van der Waals surface area contributed by atoms with Crippen molar-refractivity contribution in [1.82, 2.24) is 0 Å². The Morgan fingerprint density at radius 1 is 0.714 bits per heavy atom. The van der Waals surface area contributed by atoms with Crippen molar-refractivity contribution < 1.29 is 19.4 Å². The van der Waals surface area contributed by atoms with E-state index in [0.29, 0.717) is 16.7 Å².